The molecule has 2 aliphatic heterocycles. The Hall–Kier alpha value is -0.330. The fourth-order valence-corrected chi connectivity index (χ4v) is 4.76. The van der Waals surface area contributed by atoms with E-state index in [1.165, 1.54) is 0 Å². The van der Waals surface area contributed by atoms with Gasteiger partial charge in [0.1, 0.15) is 5.75 Å². The monoisotopic (exact) mass is 418 g/mol. The molecule has 2 heterocycles. The second-order valence-electron chi connectivity index (χ2n) is 5.44. The van der Waals surface area contributed by atoms with Gasteiger partial charge in [-0.3, -0.25) is 0 Å². The molecule has 0 aromatic heterocycles. The summed E-state index contributed by atoms with van der Waals surface area (Å²) in [7, 11) is 0. The number of ether oxygens (including phenoxy) is 1. The van der Waals surface area contributed by atoms with Crippen molar-refractivity contribution in [2.45, 2.75) is 38.5 Å². The number of halogens is 2. The van der Waals surface area contributed by atoms with Gasteiger partial charge in [-0.15, -0.1) is 0 Å². The highest BCUT2D eigenvalue weighted by Gasteiger charge is 2.47. The smallest absolute Gasteiger partial charge is 0.184 e. The maximum Gasteiger partial charge on any atom is 0.184 e. The molecule has 1 saturated heterocycles. The van der Waals surface area contributed by atoms with Crippen LogP contribution in [0.25, 0.3) is 0 Å². The summed E-state index contributed by atoms with van der Waals surface area (Å²) < 4.78 is 8.36. The molecule has 3 nitrogen and oxygen atoms in total. The minimum atomic E-state index is -0.369. The minimum absolute atomic E-state index is 0.207. The van der Waals surface area contributed by atoms with Gasteiger partial charge in [0.25, 0.3) is 0 Å². The van der Waals surface area contributed by atoms with E-state index in [9.17, 15) is 0 Å². The van der Waals surface area contributed by atoms with Crippen molar-refractivity contribution >= 4 is 49.2 Å². The van der Waals surface area contributed by atoms with Crippen molar-refractivity contribution in [3.05, 3.63) is 26.6 Å². The lowest BCUT2D eigenvalue weighted by Crippen LogP contribution is -2.64. The number of thiocarbonyl (C=S) groups is 1. The molecule has 1 N–H and O–H groups in total. The van der Waals surface area contributed by atoms with Gasteiger partial charge in [-0.1, -0.05) is 22.9 Å². The Balaban J connectivity index is 2.08. The molecule has 0 spiro atoms. The molecule has 2 atom stereocenters. The van der Waals surface area contributed by atoms with Gasteiger partial charge in [-0.2, -0.15) is 0 Å². The Morgan fingerprint density at radius 3 is 2.95 bits per heavy atom. The van der Waals surface area contributed by atoms with E-state index in [0.717, 1.165) is 44.8 Å². The average molecular weight is 420 g/mol. The Morgan fingerprint density at radius 1 is 1.50 bits per heavy atom. The number of hydrogen-bond acceptors (Lipinski definition) is 2. The molecule has 0 saturated carbocycles. The first-order chi connectivity index (χ1) is 9.44. The van der Waals surface area contributed by atoms with Crippen molar-refractivity contribution in [1.82, 2.24) is 10.2 Å². The molecule has 108 valence electrons. The molecular formula is C14H16Br2N2OS. The highest BCUT2D eigenvalue weighted by atomic mass is 79.9. The van der Waals surface area contributed by atoms with E-state index in [1.54, 1.807) is 0 Å². The maximum absolute atomic E-state index is 6.34. The van der Waals surface area contributed by atoms with Crippen molar-refractivity contribution in [3.8, 4) is 5.75 Å². The molecule has 6 heteroatoms. The first kappa shape index (κ1) is 14.6. The second-order valence-corrected chi connectivity index (χ2v) is 7.60. The van der Waals surface area contributed by atoms with E-state index in [4.69, 9.17) is 17.0 Å². The van der Waals surface area contributed by atoms with Gasteiger partial charge in [-0.05, 0) is 53.6 Å². The first-order valence-electron chi connectivity index (χ1n) is 6.70. The van der Waals surface area contributed by atoms with E-state index in [0.29, 0.717) is 0 Å². The Morgan fingerprint density at radius 2 is 2.25 bits per heavy atom. The van der Waals surface area contributed by atoms with E-state index in [2.05, 4.69) is 62.0 Å². The van der Waals surface area contributed by atoms with Crippen LogP contribution in [0.3, 0.4) is 0 Å². The van der Waals surface area contributed by atoms with Gasteiger partial charge < -0.3 is 15.0 Å². The number of fused-ring (bicyclic) bond motifs is 4. The molecule has 20 heavy (non-hydrogen) atoms. The molecule has 1 aromatic rings. The fraction of sp³-hybridized carbons (Fsp3) is 0.500. The van der Waals surface area contributed by atoms with Gasteiger partial charge in [-0.25, -0.2) is 0 Å². The zero-order valence-corrected chi connectivity index (χ0v) is 15.4. The predicted molar refractivity (Wildman–Crippen MR) is 91.0 cm³/mol. The Kier molecular flexibility index (Phi) is 3.75. The van der Waals surface area contributed by atoms with Crippen LogP contribution in [0, 0.1) is 0 Å². The van der Waals surface area contributed by atoms with Gasteiger partial charge in [0.05, 0.1) is 10.5 Å². The summed E-state index contributed by atoms with van der Waals surface area (Å²) in [5.74, 6) is 0.919. The van der Waals surface area contributed by atoms with Crippen molar-refractivity contribution < 1.29 is 4.74 Å². The van der Waals surface area contributed by atoms with E-state index in [1.807, 2.05) is 6.07 Å². The standard InChI is InChI=1S/C14H16Br2N2OS/c1-3-4-18-13(20)17-11-7-14(18,2)19-12-9(11)5-8(15)6-10(12)16/h5-6,11H,3-4,7H2,1-2H3,(H,17,20). The summed E-state index contributed by atoms with van der Waals surface area (Å²) in [5, 5.41) is 4.24. The predicted octanol–water partition coefficient (Wildman–Crippen LogP) is 4.35. The number of hydrogen-bond donors (Lipinski definition) is 1. The summed E-state index contributed by atoms with van der Waals surface area (Å²) in [6, 6.07) is 4.33. The zero-order valence-electron chi connectivity index (χ0n) is 11.4. The Labute approximate surface area is 141 Å². The SMILES string of the molecule is CCCN1C(=S)NC2CC1(C)Oc1c(Br)cc(Br)cc12. The molecule has 2 unspecified atom stereocenters. The minimum Gasteiger partial charge on any atom is -0.467 e. The van der Waals surface area contributed by atoms with Crippen molar-refractivity contribution in [2.75, 3.05) is 6.54 Å². The molecule has 2 aliphatic rings. The van der Waals surface area contributed by atoms with Gasteiger partial charge in [0.2, 0.25) is 0 Å². The lowest BCUT2D eigenvalue weighted by atomic mass is 9.90. The van der Waals surface area contributed by atoms with Crippen LogP contribution < -0.4 is 10.1 Å². The van der Waals surface area contributed by atoms with Crippen molar-refractivity contribution in [1.29, 1.82) is 0 Å². The van der Waals surface area contributed by atoms with Crippen LogP contribution >= 0.6 is 44.1 Å². The van der Waals surface area contributed by atoms with Crippen LogP contribution in [0.4, 0.5) is 0 Å². The second kappa shape index (κ2) is 5.14. The van der Waals surface area contributed by atoms with Crippen LogP contribution in [0.1, 0.15) is 38.3 Å². The summed E-state index contributed by atoms with van der Waals surface area (Å²) >= 11 is 12.7. The Bertz CT molecular complexity index is 581. The van der Waals surface area contributed by atoms with E-state index in [-0.39, 0.29) is 11.8 Å². The lowest BCUT2D eigenvalue weighted by molar-refractivity contribution is -0.0686. The van der Waals surface area contributed by atoms with Crippen LogP contribution in [0.2, 0.25) is 0 Å². The molecular weight excluding hydrogens is 404 g/mol. The molecule has 0 radical (unpaired) electrons. The third-order valence-corrected chi connectivity index (χ3v) is 5.26. The fourth-order valence-electron chi connectivity index (χ4n) is 2.99. The third kappa shape index (κ3) is 2.25. The third-order valence-electron chi connectivity index (χ3n) is 3.88. The topological polar surface area (TPSA) is 24.5 Å². The van der Waals surface area contributed by atoms with Crippen LogP contribution in [0.15, 0.2) is 21.1 Å². The number of rotatable bonds is 2. The molecule has 3 rings (SSSR count). The van der Waals surface area contributed by atoms with Crippen molar-refractivity contribution in [3.63, 3.8) is 0 Å². The molecule has 0 amide bonds. The number of nitrogens with one attached hydrogen (secondary N) is 1. The largest absolute Gasteiger partial charge is 0.467 e. The highest BCUT2D eigenvalue weighted by molar-refractivity contribution is 9.11. The van der Waals surface area contributed by atoms with Crippen molar-refractivity contribution in [2.24, 2.45) is 0 Å². The van der Waals surface area contributed by atoms with Crippen LogP contribution in [0.5, 0.6) is 5.75 Å². The number of nitrogens with zero attached hydrogens (tertiary/aromatic N) is 1. The average Bonchev–Trinajstić information content (AvgIpc) is 2.36. The summed E-state index contributed by atoms with van der Waals surface area (Å²) in [6.45, 7) is 5.18. The molecule has 1 aromatic carbocycles. The van der Waals surface area contributed by atoms with Gasteiger partial charge in [0.15, 0.2) is 10.8 Å². The highest BCUT2D eigenvalue weighted by Crippen LogP contribution is 2.48. The first-order valence-corrected chi connectivity index (χ1v) is 8.70. The molecule has 2 bridgehead atoms. The molecule has 0 aliphatic carbocycles. The lowest BCUT2D eigenvalue weighted by Gasteiger charge is -2.52. The van der Waals surface area contributed by atoms with Crippen LogP contribution in [-0.2, 0) is 0 Å². The normalized spacial score (nSPS) is 27.7. The number of benzene rings is 1. The van der Waals surface area contributed by atoms with Crippen LogP contribution in [-0.4, -0.2) is 22.3 Å². The summed E-state index contributed by atoms with van der Waals surface area (Å²) in [4.78, 5) is 2.16. The quantitative estimate of drug-likeness (QED) is 0.720. The summed E-state index contributed by atoms with van der Waals surface area (Å²) in [5.41, 5.74) is 0.786. The zero-order chi connectivity index (χ0) is 14.5. The van der Waals surface area contributed by atoms with Gasteiger partial charge >= 0.3 is 0 Å². The summed E-state index contributed by atoms with van der Waals surface area (Å²) in [6.07, 6.45) is 1.93. The van der Waals surface area contributed by atoms with E-state index >= 15 is 0 Å². The maximum atomic E-state index is 6.34. The van der Waals surface area contributed by atoms with E-state index < -0.39 is 0 Å². The van der Waals surface area contributed by atoms with Gasteiger partial charge in [0, 0.05) is 23.0 Å². The molecule has 1 fully saturated rings.